The normalized spacial score (nSPS) is 33.6. The Labute approximate surface area is 85.3 Å². The van der Waals surface area contributed by atoms with Gasteiger partial charge in [0, 0.05) is 6.04 Å². The summed E-state index contributed by atoms with van der Waals surface area (Å²) in [5, 5.41) is 21.1. The molecule has 1 heterocycles. The minimum Gasteiger partial charge on any atom is -0.395 e. The number of ether oxygens (including phenoxy) is 1. The number of hydrogen-bond donors (Lipinski definition) is 3. The Hall–Kier alpha value is -0.160. The molecule has 14 heavy (non-hydrogen) atoms. The monoisotopic (exact) mass is 203 g/mol. The molecular formula is C10H21NO3. The predicted octanol–water partition coefficient (Wildman–Crippen LogP) is -0.115. The van der Waals surface area contributed by atoms with Crippen LogP contribution in [-0.4, -0.2) is 47.7 Å². The summed E-state index contributed by atoms with van der Waals surface area (Å²) in [6.07, 6.45) is 2.41. The minimum atomic E-state index is -0.197. The first kappa shape index (κ1) is 11.9. The molecule has 0 aromatic carbocycles. The van der Waals surface area contributed by atoms with E-state index in [0.717, 1.165) is 12.8 Å². The van der Waals surface area contributed by atoms with E-state index < -0.39 is 0 Å². The van der Waals surface area contributed by atoms with E-state index in [4.69, 9.17) is 14.9 Å². The van der Waals surface area contributed by atoms with Crippen LogP contribution in [-0.2, 0) is 4.74 Å². The summed E-state index contributed by atoms with van der Waals surface area (Å²) < 4.78 is 5.60. The third-order valence-electron chi connectivity index (χ3n) is 2.61. The van der Waals surface area contributed by atoms with Crippen molar-refractivity contribution in [2.45, 2.75) is 51.0 Å². The summed E-state index contributed by atoms with van der Waals surface area (Å²) in [5.41, 5.74) is 0. The van der Waals surface area contributed by atoms with Gasteiger partial charge in [-0.1, -0.05) is 0 Å². The van der Waals surface area contributed by atoms with Crippen molar-refractivity contribution in [1.82, 2.24) is 5.32 Å². The van der Waals surface area contributed by atoms with Crippen LogP contribution in [0.4, 0.5) is 0 Å². The van der Waals surface area contributed by atoms with Crippen LogP contribution in [0.2, 0.25) is 0 Å². The van der Waals surface area contributed by atoms with Crippen molar-refractivity contribution >= 4 is 0 Å². The lowest BCUT2D eigenvalue weighted by Crippen LogP contribution is -2.48. The van der Waals surface area contributed by atoms with Crippen molar-refractivity contribution < 1.29 is 14.9 Å². The zero-order valence-corrected chi connectivity index (χ0v) is 8.94. The van der Waals surface area contributed by atoms with Crippen LogP contribution < -0.4 is 5.32 Å². The van der Waals surface area contributed by atoms with Gasteiger partial charge in [0.15, 0.2) is 0 Å². The van der Waals surface area contributed by atoms with E-state index in [1.165, 1.54) is 0 Å². The van der Waals surface area contributed by atoms with Gasteiger partial charge in [-0.2, -0.15) is 0 Å². The van der Waals surface area contributed by atoms with Gasteiger partial charge in [0.05, 0.1) is 31.5 Å². The highest BCUT2D eigenvalue weighted by Gasteiger charge is 2.25. The van der Waals surface area contributed by atoms with Crippen LogP contribution in [0.1, 0.15) is 26.7 Å². The number of rotatable bonds is 4. The number of aliphatic hydroxyl groups is 2. The van der Waals surface area contributed by atoms with Crippen molar-refractivity contribution in [3.05, 3.63) is 0 Å². The molecule has 1 rings (SSSR count). The molecule has 0 aliphatic carbocycles. The smallest absolute Gasteiger partial charge is 0.0607 e. The molecule has 1 fully saturated rings. The Kier molecular flexibility index (Phi) is 4.81. The van der Waals surface area contributed by atoms with Crippen LogP contribution in [0.15, 0.2) is 0 Å². The number of nitrogens with one attached hydrogen (secondary N) is 1. The molecule has 84 valence electrons. The Morgan fingerprint density at radius 2 is 1.71 bits per heavy atom. The fourth-order valence-corrected chi connectivity index (χ4v) is 2.04. The van der Waals surface area contributed by atoms with Gasteiger partial charge in [-0.15, -0.1) is 0 Å². The summed E-state index contributed by atoms with van der Waals surface area (Å²) in [6, 6.07) is 0.149. The van der Waals surface area contributed by atoms with Crippen LogP contribution >= 0.6 is 0 Å². The van der Waals surface area contributed by atoms with Crippen LogP contribution in [0.5, 0.6) is 0 Å². The highest BCUT2D eigenvalue weighted by Crippen LogP contribution is 2.19. The molecule has 3 atom stereocenters. The van der Waals surface area contributed by atoms with Gasteiger partial charge in [-0.25, -0.2) is 0 Å². The van der Waals surface area contributed by atoms with Crippen molar-refractivity contribution in [3.8, 4) is 0 Å². The fourth-order valence-electron chi connectivity index (χ4n) is 2.04. The van der Waals surface area contributed by atoms with Gasteiger partial charge in [0.25, 0.3) is 0 Å². The molecule has 1 saturated heterocycles. The second kappa shape index (κ2) is 5.66. The van der Waals surface area contributed by atoms with Gasteiger partial charge in [0.2, 0.25) is 0 Å². The zero-order chi connectivity index (χ0) is 10.6. The summed E-state index contributed by atoms with van der Waals surface area (Å²) in [4.78, 5) is 0. The maximum atomic E-state index is 8.93. The van der Waals surface area contributed by atoms with Crippen LogP contribution in [0.3, 0.4) is 0 Å². The molecule has 1 unspecified atom stereocenters. The number of hydrogen-bond acceptors (Lipinski definition) is 4. The lowest BCUT2D eigenvalue weighted by Gasteiger charge is -2.34. The first-order chi connectivity index (χ1) is 6.65. The molecule has 0 saturated carbocycles. The van der Waals surface area contributed by atoms with Crippen molar-refractivity contribution in [2.24, 2.45) is 0 Å². The average Bonchev–Trinajstić information content (AvgIpc) is 2.12. The molecule has 0 spiro atoms. The molecule has 0 radical (unpaired) electrons. The van der Waals surface area contributed by atoms with E-state index in [-0.39, 0.29) is 31.5 Å². The molecule has 0 bridgehead atoms. The predicted molar refractivity (Wildman–Crippen MR) is 54.1 cm³/mol. The van der Waals surface area contributed by atoms with Crippen molar-refractivity contribution in [2.75, 3.05) is 13.2 Å². The van der Waals surface area contributed by atoms with Gasteiger partial charge in [-0.05, 0) is 26.7 Å². The first-order valence-corrected chi connectivity index (χ1v) is 5.29. The standard InChI is InChI=1S/C10H21NO3/c1-7-3-9(4-8(2)14-7)11-10(5-12)6-13/h7-13H,3-6H2,1-2H3/t7-,8+,9?. The van der Waals surface area contributed by atoms with Crippen LogP contribution in [0, 0.1) is 0 Å². The SMILES string of the molecule is C[C@@H]1CC(NC(CO)CO)C[C@H](C)O1. The highest BCUT2D eigenvalue weighted by molar-refractivity contribution is 4.81. The topological polar surface area (TPSA) is 61.7 Å². The highest BCUT2D eigenvalue weighted by atomic mass is 16.5. The third kappa shape index (κ3) is 3.53. The molecule has 3 N–H and O–H groups in total. The van der Waals surface area contributed by atoms with Crippen LogP contribution in [0.25, 0.3) is 0 Å². The molecule has 0 aromatic heterocycles. The van der Waals surface area contributed by atoms with E-state index in [1.807, 2.05) is 0 Å². The lowest BCUT2D eigenvalue weighted by atomic mass is 9.99. The number of aliphatic hydroxyl groups excluding tert-OH is 2. The average molecular weight is 203 g/mol. The first-order valence-electron chi connectivity index (χ1n) is 5.29. The van der Waals surface area contributed by atoms with Crippen molar-refractivity contribution in [1.29, 1.82) is 0 Å². The zero-order valence-electron chi connectivity index (χ0n) is 8.94. The Balaban J connectivity index is 2.35. The molecule has 4 nitrogen and oxygen atoms in total. The summed E-state index contributed by atoms with van der Waals surface area (Å²) in [7, 11) is 0. The van der Waals surface area contributed by atoms with Gasteiger partial charge in [0.1, 0.15) is 0 Å². The maximum absolute atomic E-state index is 8.93. The van der Waals surface area contributed by atoms with E-state index in [1.54, 1.807) is 0 Å². The molecule has 4 heteroatoms. The van der Waals surface area contributed by atoms with Crippen molar-refractivity contribution in [3.63, 3.8) is 0 Å². The molecule has 0 amide bonds. The fraction of sp³-hybridized carbons (Fsp3) is 1.00. The molecule has 0 aromatic rings. The van der Waals surface area contributed by atoms with Gasteiger partial charge in [-0.3, -0.25) is 0 Å². The van der Waals surface area contributed by atoms with E-state index in [2.05, 4.69) is 19.2 Å². The molecule has 1 aliphatic heterocycles. The second-order valence-corrected chi connectivity index (χ2v) is 4.15. The van der Waals surface area contributed by atoms with E-state index in [9.17, 15) is 0 Å². The van der Waals surface area contributed by atoms with E-state index >= 15 is 0 Å². The lowest BCUT2D eigenvalue weighted by molar-refractivity contribution is -0.0455. The maximum Gasteiger partial charge on any atom is 0.0607 e. The quantitative estimate of drug-likeness (QED) is 0.596. The largest absolute Gasteiger partial charge is 0.395 e. The van der Waals surface area contributed by atoms with Gasteiger partial charge >= 0.3 is 0 Å². The second-order valence-electron chi connectivity index (χ2n) is 4.15. The summed E-state index contributed by atoms with van der Waals surface area (Å²) in [6.45, 7) is 4.07. The Morgan fingerprint density at radius 1 is 1.21 bits per heavy atom. The molecule has 1 aliphatic rings. The Bertz CT molecular complexity index is 151. The Morgan fingerprint density at radius 3 is 2.14 bits per heavy atom. The summed E-state index contributed by atoms with van der Waals surface area (Å²) >= 11 is 0. The summed E-state index contributed by atoms with van der Waals surface area (Å²) in [5.74, 6) is 0. The van der Waals surface area contributed by atoms with Gasteiger partial charge < -0.3 is 20.3 Å². The third-order valence-corrected chi connectivity index (χ3v) is 2.61. The molecular weight excluding hydrogens is 182 g/mol. The van der Waals surface area contributed by atoms with E-state index in [0.29, 0.717) is 6.04 Å². The minimum absolute atomic E-state index is 0.0172.